The van der Waals surface area contributed by atoms with Gasteiger partial charge in [0.05, 0.1) is 4.47 Å². The van der Waals surface area contributed by atoms with Crippen LogP contribution in [0.1, 0.15) is 51.0 Å². The van der Waals surface area contributed by atoms with Gasteiger partial charge in [-0.1, -0.05) is 13.8 Å². The van der Waals surface area contributed by atoms with Crippen LogP contribution in [0.2, 0.25) is 0 Å². The number of nitrogens with one attached hydrogen (secondary N) is 2. The molecule has 35 heavy (non-hydrogen) atoms. The van der Waals surface area contributed by atoms with Crippen LogP contribution >= 0.6 is 15.9 Å². The molecule has 0 saturated carbocycles. The number of anilines is 4. The third-order valence-electron chi connectivity index (χ3n) is 6.83. The highest BCUT2D eigenvalue weighted by Gasteiger charge is 2.18. The zero-order chi connectivity index (χ0) is 24.8. The molecule has 2 fully saturated rings. The Hall–Kier alpha value is -2.39. The smallest absolute Gasteiger partial charge is 0.229 e. The fraction of sp³-hybridized carbons (Fsp3) is 0.577. The number of halogens is 1. The lowest BCUT2D eigenvalue weighted by Gasteiger charge is -2.34. The molecule has 0 radical (unpaired) electrons. The van der Waals surface area contributed by atoms with Crippen molar-refractivity contribution in [2.45, 2.75) is 45.4 Å². The van der Waals surface area contributed by atoms with Crippen LogP contribution in [0.3, 0.4) is 0 Å². The first-order valence-electron chi connectivity index (χ1n) is 12.8. The summed E-state index contributed by atoms with van der Waals surface area (Å²) in [5.41, 5.74) is 3.57. The summed E-state index contributed by atoms with van der Waals surface area (Å²) in [6, 6.07) is 6.65. The topological polar surface area (TPSA) is 76.6 Å². The van der Waals surface area contributed by atoms with E-state index in [1.165, 1.54) is 11.3 Å². The van der Waals surface area contributed by atoms with Gasteiger partial charge in [0.1, 0.15) is 5.82 Å². The average Bonchev–Trinajstić information content (AvgIpc) is 2.85. The number of carbonyl (C=O) groups excluding carboxylic acids is 1. The predicted octanol–water partition coefficient (Wildman–Crippen LogP) is 4.67. The van der Waals surface area contributed by atoms with E-state index in [0.29, 0.717) is 18.3 Å². The van der Waals surface area contributed by atoms with Gasteiger partial charge < -0.3 is 25.3 Å². The molecule has 1 aromatic carbocycles. The zero-order valence-electron chi connectivity index (χ0n) is 21.2. The number of aromatic nitrogens is 2. The van der Waals surface area contributed by atoms with Gasteiger partial charge in [0.2, 0.25) is 11.9 Å². The van der Waals surface area contributed by atoms with E-state index >= 15 is 0 Å². The number of likely N-dealkylation sites (N-methyl/N-ethyl adjacent to an activating group) is 1. The number of hydrogen-bond donors (Lipinski definition) is 2. The first kappa shape index (κ1) is 25.7. The summed E-state index contributed by atoms with van der Waals surface area (Å²) < 4.78 is 0.826. The van der Waals surface area contributed by atoms with Gasteiger partial charge in [0.15, 0.2) is 0 Å². The summed E-state index contributed by atoms with van der Waals surface area (Å²) >= 11 is 3.56. The Kier molecular flexibility index (Phi) is 8.83. The van der Waals surface area contributed by atoms with E-state index in [4.69, 9.17) is 4.98 Å². The van der Waals surface area contributed by atoms with E-state index in [1.807, 2.05) is 4.90 Å². The molecule has 3 heterocycles. The van der Waals surface area contributed by atoms with Gasteiger partial charge in [0.25, 0.3) is 0 Å². The van der Waals surface area contributed by atoms with Crippen LogP contribution in [0, 0.1) is 0 Å². The molecular weight excluding hydrogens is 506 g/mol. The SMILES string of the molecule is CC(C)c1cc(N2CCN(C)CC2)ccc1Nc1ncc(Br)c(NCCCN2CCCCC2=O)n1. The highest BCUT2D eigenvalue weighted by atomic mass is 79.9. The van der Waals surface area contributed by atoms with Crippen molar-refractivity contribution in [2.75, 3.05) is 68.4 Å². The summed E-state index contributed by atoms with van der Waals surface area (Å²) in [7, 11) is 2.18. The summed E-state index contributed by atoms with van der Waals surface area (Å²) in [6.45, 7) is 11.1. The second-order valence-corrected chi connectivity index (χ2v) is 10.7. The molecule has 1 aromatic heterocycles. The van der Waals surface area contributed by atoms with E-state index in [1.54, 1.807) is 6.20 Å². The zero-order valence-corrected chi connectivity index (χ0v) is 22.8. The minimum absolute atomic E-state index is 0.283. The van der Waals surface area contributed by atoms with Crippen LogP contribution in [-0.2, 0) is 4.79 Å². The molecule has 0 unspecified atom stereocenters. The van der Waals surface area contributed by atoms with Crippen LogP contribution in [0.25, 0.3) is 0 Å². The van der Waals surface area contributed by atoms with Crippen LogP contribution in [-0.4, -0.2) is 78.5 Å². The van der Waals surface area contributed by atoms with Gasteiger partial charge in [0, 0.05) is 69.8 Å². The summed E-state index contributed by atoms with van der Waals surface area (Å²) in [5, 5.41) is 6.84. The van der Waals surface area contributed by atoms with Gasteiger partial charge in [-0.2, -0.15) is 4.98 Å². The van der Waals surface area contributed by atoms with E-state index in [9.17, 15) is 4.79 Å². The molecule has 9 heteroatoms. The van der Waals surface area contributed by atoms with Crippen LogP contribution in [0.15, 0.2) is 28.9 Å². The molecule has 2 saturated heterocycles. The number of piperazine rings is 1. The Morgan fingerprint density at radius 2 is 1.91 bits per heavy atom. The third kappa shape index (κ3) is 6.85. The quantitative estimate of drug-likeness (QED) is 0.445. The number of likely N-dealkylation sites (tertiary alicyclic amines) is 1. The highest BCUT2D eigenvalue weighted by molar-refractivity contribution is 9.10. The number of nitrogens with zero attached hydrogens (tertiary/aromatic N) is 5. The molecule has 0 aliphatic carbocycles. The predicted molar refractivity (Wildman–Crippen MR) is 147 cm³/mol. The largest absolute Gasteiger partial charge is 0.369 e. The van der Waals surface area contributed by atoms with Gasteiger partial charge >= 0.3 is 0 Å². The minimum atomic E-state index is 0.283. The lowest BCUT2D eigenvalue weighted by molar-refractivity contribution is -0.133. The average molecular weight is 545 g/mol. The minimum Gasteiger partial charge on any atom is -0.369 e. The van der Waals surface area contributed by atoms with E-state index < -0.39 is 0 Å². The normalized spacial score (nSPS) is 17.2. The molecule has 2 N–H and O–H groups in total. The molecule has 190 valence electrons. The molecule has 0 atom stereocenters. The monoisotopic (exact) mass is 543 g/mol. The third-order valence-corrected chi connectivity index (χ3v) is 7.42. The second kappa shape index (κ2) is 12.0. The standard InChI is InChI=1S/C26H38BrN7O/c1-19(2)21-17-20(33-15-13-32(3)14-16-33)8-9-23(21)30-26-29-18-22(27)25(31-26)28-10-6-12-34-11-5-4-7-24(34)35/h8-9,17-19H,4-7,10-16H2,1-3H3,(H2,28,29,30,31). The van der Waals surface area contributed by atoms with Crippen LogP contribution in [0.5, 0.6) is 0 Å². The summed E-state index contributed by atoms with van der Waals surface area (Å²) in [6.07, 6.45) is 5.49. The molecule has 2 aliphatic rings. The number of piperidine rings is 1. The van der Waals surface area contributed by atoms with Gasteiger partial charge in [-0.05, 0) is 71.9 Å². The fourth-order valence-corrected chi connectivity index (χ4v) is 4.98. The fourth-order valence-electron chi connectivity index (χ4n) is 4.65. The molecule has 4 rings (SSSR count). The van der Waals surface area contributed by atoms with Crippen molar-refractivity contribution >= 4 is 45.0 Å². The van der Waals surface area contributed by atoms with Crippen LogP contribution < -0.4 is 15.5 Å². The molecule has 0 spiro atoms. The maximum absolute atomic E-state index is 12.0. The highest BCUT2D eigenvalue weighted by Crippen LogP contribution is 2.32. The van der Waals surface area contributed by atoms with E-state index in [0.717, 1.165) is 81.1 Å². The Bertz CT molecular complexity index is 1010. The maximum atomic E-state index is 12.0. The Morgan fingerprint density at radius 1 is 1.11 bits per heavy atom. The summed E-state index contributed by atoms with van der Waals surface area (Å²) in [5.74, 6) is 1.98. The van der Waals surface area contributed by atoms with Crippen molar-refractivity contribution in [1.82, 2.24) is 19.8 Å². The Labute approximate surface area is 217 Å². The molecule has 0 bridgehead atoms. The number of carbonyl (C=O) groups is 1. The number of amides is 1. The first-order chi connectivity index (χ1) is 16.9. The summed E-state index contributed by atoms with van der Waals surface area (Å²) in [4.78, 5) is 28.0. The van der Waals surface area contributed by atoms with Crippen molar-refractivity contribution < 1.29 is 4.79 Å². The molecule has 2 aliphatic heterocycles. The van der Waals surface area contributed by atoms with Crippen LogP contribution in [0.4, 0.5) is 23.1 Å². The van der Waals surface area contributed by atoms with Gasteiger partial charge in [-0.3, -0.25) is 4.79 Å². The van der Waals surface area contributed by atoms with Crippen molar-refractivity contribution in [3.63, 3.8) is 0 Å². The first-order valence-corrected chi connectivity index (χ1v) is 13.6. The molecular formula is C26H38BrN7O. The number of benzene rings is 1. The van der Waals surface area contributed by atoms with Crippen molar-refractivity contribution in [3.8, 4) is 0 Å². The molecule has 2 aromatic rings. The lowest BCUT2D eigenvalue weighted by atomic mass is 9.99. The van der Waals surface area contributed by atoms with Crippen molar-refractivity contribution in [2.24, 2.45) is 0 Å². The Balaban J connectivity index is 1.39. The second-order valence-electron chi connectivity index (χ2n) is 9.85. The molecule has 8 nitrogen and oxygen atoms in total. The van der Waals surface area contributed by atoms with Crippen molar-refractivity contribution in [3.05, 3.63) is 34.4 Å². The maximum Gasteiger partial charge on any atom is 0.229 e. The number of rotatable bonds is 9. The van der Waals surface area contributed by atoms with E-state index in [-0.39, 0.29) is 5.91 Å². The van der Waals surface area contributed by atoms with Gasteiger partial charge in [-0.15, -0.1) is 0 Å². The lowest BCUT2D eigenvalue weighted by Crippen LogP contribution is -2.44. The van der Waals surface area contributed by atoms with Gasteiger partial charge in [-0.25, -0.2) is 4.98 Å². The number of hydrogen-bond acceptors (Lipinski definition) is 7. The van der Waals surface area contributed by atoms with Crippen molar-refractivity contribution in [1.29, 1.82) is 0 Å². The molecule has 1 amide bonds. The Morgan fingerprint density at radius 3 is 2.66 bits per heavy atom. The van der Waals surface area contributed by atoms with E-state index in [2.05, 4.69) is 80.4 Å².